The Balaban J connectivity index is 2.12. The van der Waals surface area contributed by atoms with E-state index < -0.39 is 0 Å². The minimum Gasteiger partial charge on any atom is -0.504 e. The van der Waals surface area contributed by atoms with E-state index in [0.717, 1.165) is 13.0 Å². The van der Waals surface area contributed by atoms with Gasteiger partial charge in [-0.15, -0.1) is 0 Å². The first kappa shape index (κ1) is 11.3. The van der Waals surface area contributed by atoms with Gasteiger partial charge in [0.15, 0.2) is 11.5 Å². The van der Waals surface area contributed by atoms with Crippen LogP contribution in [0, 0.1) is 5.41 Å². The van der Waals surface area contributed by atoms with Crippen LogP contribution in [0.4, 0.5) is 0 Å². The summed E-state index contributed by atoms with van der Waals surface area (Å²) in [6.07, 6.45) is 3.42. The minimum atomic E-state index is 0.211. The van der Waals surface area contributed by atoms with Gasteiger partial charge in [0.1, 0.15) is 0 Å². The molecule has 3 nitrogen and oxygen atoms in total. The van der Waals surface area contributed by atoms with Gasteiger partial charge in [-0.05, 0) is 55.8 Å². The Morgan fingerprint density at radius 3 is 2.75 bits per heavy atom. The van der Waals surface area contributed by atoms with Gasteiger partial charge in [-0.2, -0.15) is 0 Å². The predicted molar refractivity (Wildman–Crippen MR) is 63.7 cm³/mol. The van der Waals surface area contributed by atoms with Crippen molar-refractivity contribution in [2.24, 2.45) is 11.1 Å². The molecule has 1 aromatic rings. The van der Waals surface area contributed by atoms with Gasteiger partial charge in [-0.1, -0.05) is 6.07 Å². The van der Waals surface area contributed by atoms with E-state index in [2.05, 4.69) is 0 Å². The van der Waals surface area contributed by atoms with Gasteiger partial charge in [-0.25, -0.2) is 0 Å². The summed E-state index contributed by atoms with van der Waals surface area (Å²) >= 11 is 0. The minimum absolute atomic E-state index is 0.211. The van der Waals surface area contributed by atoms with E-state index in [9.17, 15) is 5.11 Å². The maximum Gasteiger partial charge on any atom is 0.161 e. The van der Waals surface area contributed by atoms with Crippen LogP contribution in [0.5, 0.6) is 11.5 Å². The van der Waals surface area contributed by atoms with E-state index in [1.54, 1.807) is 6.07 Å². The number of benzene rings is 1. The fourth-order valence-corrected chi connectivity index (χ4v) is 2.00. The average Bonchev–Trinajstić information content (AvgIpc) is 3.04. The largest absolute Gasteiger partial charge is 0.504 e. The molecule has 0 amide bonds. The first-order chi connectivity index (χ1) is 7.69. The van der Waals surface area contributed by atoms with Crippen LogP contribution < -0.4 is 10.5 Å². The van der Waals surface area contributed by atoms with E-state index in [1.165, 1.54) is 18.4 Å². The zero-order chi connectivity index (χ0) is 11.6. The predicted octanol–water partition coefficient (Wildman–Crippen LogP) is 2.07. The van der Waals surface area contributed by atoms with Gasteiger partial charge >= 0.3 is 0 Å². The van der Waals surface area contributed by atoms with Crippen molar-refractivity contribution >= 4 is 0 Å². The van der Waals surface area contributed by atoms with Gasteiger partial charge in [0.05, 0.1) is 6.61 Å². The highest BCUT2D eigenvalue weighted by molar-refractivity contribution is 5.42. The van der Waals surface area contributed by atoms with Crippen molar-refractivity contribution in [2.45, 2.75) is 26.2 Å². The lowest BCUT2D eigenvalue weighted by molar-refractivity contribution is 0.317. The first-order valence-electron chi connectivity index (χ1n) is 5.84. The number of phenolic OH excluding ortho intramolecular Hbond substituents is 1. The molecule has 0 radical (unpaired) electrons. The molecule has 0 saturated heterocycles. The van der Waals surface area contributed by atoms with E-state index in [-0.39, 0.29) is 5.75 Å². The van der Waals surface area contributed by atoms with Gasteiger partial charge in [0.2, 0.25) is 0 Å². The zero-order valence-electron chi connectivity index (χ0n) is 9.70. The Morgan fingerprint density at radius 1 is 1.44 bits per heavy atom. The lowest BCUT2D eigenvalue weighted by Crippen LogP contribution is -2.17. The van der Waals surface area contributed by atoms with E-state index in [4.69, 9.17) is 10.5 Å². The third-order valence-electron chi connectivity index (χ3n) is 3.29. The smallest absolute Gasteiger partial charge is 0.161 e. The van der Waals surface area contributed by atoms with E-state index >= 15 is 0 Å². The van der Waals surface area contributed by atoms with Crippen LogP contribution in [0.25, 0.3) is 0 Å². The van der Waals surface area contributed by atoms with Crippen LogP contribution in [0.2, 0.25) is 0 Å². The van der Waals surface area contributed by atoms with Crippen molar-refractivity contribution in [3.63, 3.8) is 0 Å². The zero-order valence-corrected chi connectivity index (χ0v) is 9.70. The van der Waals surface area contributed by atoms with Crippen molar-refractivity contribution in [1.82, 2.24) is 0 Å². The lowest BCUT2D eigenvalue weighted by Gasteiger charge is -2.13. The van der Waals surface area contributed by atoms with Crippen molar-refractivity contribution < 1.29 is 9.84 Å². The summed E-state index contributed by atoms with van der Waals surface area (Å²) in [5, 5.41) is 9.59. The summed E-state index contributed by atoms with van der Waals surface area (Å²) in [5.41, 5.74) is 7.28. The van der Waals surface area contributed by atoms with Crippen LogP contribution in [-0.2, 0) is 6.42 Å². The number of aromatic hydroxyl groups is 1. The molecule has 1 saturated carbocycles. The highest BCUT2D eigenvalue weighted by Gasteiger charge is 2.40. The normalized spacial score (nSPS) is 17.1. The molecule has 2 rings (SSSR count). The van der Waals surface area contributed by atoms with Gasteiger partial charge in [-0.3, -0.25) is 0 Å². The second-order valence-electron chi connectivity index (χ2n) is 4.62. The highest BCUT2D eigenvalue weighted by Crippen LogP contribution is 2.47. The van der Waals surface area contributed by atoms with Crippen LogP contribution in [-0.4, -0.2) is 18.3 Å². The van der Waals surface area contributed by atoms with E-state index in [1.807, 2.05) is 19.1 Å². The molecule has 0 aromatic heterocycles. The Kier molecular flexibility index (Phi) is 3.06. The molecule has 16 heavy (non-hydrogen) atoms. The quantitative estimate of drug-likeness (QED) is 0.800. The van der Waals surface area contributed by atoms with Crippen molar-refractivity contribution in [2.75, 3.05) is 13.2 Å². The SMILES string of the molecule is CCOc1cc(CC2(CN)CC2)ccc1O. The molecular weight excluding hydrogens is 202 g/mol. The Morgan fingerprint density at radius 2 is 2.19 bits per heavy atom. The summed E-state index contributed by atoms with van der Waals surface area (Å²) in [7, 11) is 0. The van der Waals surface area contributed by atoms with E-state index in [0.29, 0.717) is 17.8 Å². The van der Waals surface area contributed by atoms with Crippen molar-refractivity contribution in [3.8, 4) is 11.5 Å². The van der Waals surface area contributed by atoms with Gasteiger partial charge < -0.3 is 15.6 Å². The van der Waals surface area contributed by atoms with Crippen LogP contribution in [0.3, 0.4) is 0 Å². The molecule has 88 valence electrons. The molecule has 0 bridgehead atoms. The summed E-state index contributed by atoms with van der Waals surface area (Å²) in [6, 6.07) is 5.58. The van der Waals surface area contributed by atoms with Gasteiger partial charge in [0, 0.05) is 0 Å². The van der Waals surface area contributed by atoms with Gasteiger partial charge in [0.25, 0.3) is 0 Å². The van der Waals surface area contributed by atoms with Crippen molar-refractivity contribution in [3.05, 3.63) is 23.8 Å². The molecule has 1 aromatic carbocycles. The van der Waals surface area contributed by atoms with Crippen LogP contribution >= 0.6 is 0 Å². The maximum atomic E-state index is 9.59. The third kappa shape index (κ3) is 2.30. The molecule has 1 fully saturated rings. The standard InChI is InChI=1S/C13H19NO2/c1-2-16-12-7-10(3-4-11(12)15)8-13(9-14)5-6-13/h3-4,7,15H,2,5-6,8-9,14H2,1H3. The monoisotopic (exact) mass is 221 g/mol. The fraction of sp³-hybridized carbons (Fsp3) is 0.538. The summed E-state index contributed by atoms with van der Waals surface area (Å²) in [4.78, 5) is 0. The molecule has 3 heteroatoms. The molecule has 0 unspecified atom stereocenters. The number of nitrogens with two attached hydrogens (primary N) is 1. The lowest BCUT2D eigenvalue weighted by atomic mass is 9.96. The topological polar surface area (TPSA) is 55.5 Å². The number of phenols is 1. The summed E-state index contributed by atoms with van der Waals surface area (Å²) < 4.78 is 5.36. The Bertz CT molecular complexity index is 372. The molecule has 0 aliphatic heterocycles. The second kappa shape index (κ2) is 4.34. The number of rotatable bonds is 5. The average molecular weight is 221 g/mol. The molecular formula is C13H19NO2. The molecule has 1 aliphatic carbocycles. The third-order valence-corrected chi connectivity index (χ3v) is 3.29. The molecule has 1 aliphatic rings. The van der Waals surface area contributed by atoms with Crippen LogP contribution in [0.15, 0.2) is 18.2 Å². The number of hydrogen-bond donors (Lipinski definition) is 2. The second-order valence-corrected chi connectivity index (χ2v) is 4.62. The van der Waals surface area contributed by atoms with Crippen LogP contribution in [0.1, 0.15) is 25.3 Å². The Labute approximate surface area is 96.2 Å². The van der Waals surface area contributed by atoms with Crippen molar-refractivity contribution in [1.29, 1.82) is 0 Å². The fourth-order valence-electron chi connectivity index (χ4n) is 2.00. The molecule has 0 spiro atoms. The number of ether oxygens (including phenoxy) is 1. The summed E-state index contributed by atoms with van der Waals surface area (Å²) in [6.45, 7) is 3.23. The summed E-state index contributed by atoms with van der Waals surface area (Å²) in [5.74, 6) is 0.788. The molecule has 0 heterocycles. The number of hydrogen-bond acceptors (Lipinski definition) is 3. The maximum absolute atomic E-state index is 9.59. The Hall–Kier alpha value is -1.22. The molecule has 0 atom stereocenters. The first-order valence-corrected chi connectivity index (χ1v) is 5.84. The molecule has 3 N–H and O–H groups in total. The highest BCUT2D eigenvalue weighted by atomic mass is 16.5.